The quantitative estimate of drug-likeness (QED) is 0.785. The molecule has 3 nitrogen and oxygen atoms in total. The highest BCUT2D eigenvalue weighted by Crippen LogP contribution is 2.19. The maximum absolute atomic E-state index is 12.2. The summed E-state index contributed by atoms with van der Waals surface area (Å²) < 4.78 is 5.09. The highest BCUT2D eigenvalue weighted by molar-refractivity contribution is 5.94. The predicted octanol–water partition coefficient (Wildman–Crippen LogP) is 2.57. The van der Waals surface area contributed by atoms with Crippen LogP contribution in [-0.2, 0) is 0 Å². The molecule has 1 heterocycles. The Kier molecular flexibility index (Phi) is 3.67. The van der Waals surface area contributed by atoms with E-state index in [9.17, 15) is 4.79 Å². The molecule has 92 valence electrons. The molecule has 17 heavy (non-hydrogen) atoms. The van der Waals surface area contributed by atoms with Crippen molar-refractivity contribution in [3.63, 3.8) is 0 Å². The predicted molar refractivity (Wildman–Crippen MR) is 67.3 cm³/mol. The molecule has 1 aromatic rings. The van der Waals surface area contributed by atoms with E-state index in [1.165, 1.54) is 6.42 Å². The van der Waals surface area contributed by atoms with Crippen LogP contribution in [0, 0.1) is 5.92 Å². The van der Waals surface area contributed by atoms with E-state index in [0.717, 1.165) is 30.8 Å². The molecule has 1 aliphatic heterocycles. The summed E-state index contributed by atoms with van der Waals surface area (Å²) in [5.41, 5.74) is 0.750. The van der Waals surface area contributed by atoms with Crippen molar-refractivity contribution in [1.82, 2.24) is 4.90 Å². The molecule has 1 amide bonds. The Bertz CT molecular complexity index is 386. The normalized spacial score (nSPS) is 20.1. The van der Waals surface area contributed by atoms with Crippen LogP contribution < -0.4 is 4.74 Å². The maximum atomic E-state index is 12.2. The second-order valence-electron chi connectivity index (χ2n) is 4.73. The van der Waals surface area contributed by atoms with Gasteiger partial charge in [-0.2, -0.15) is 0 Å². The topological polar surface area (TPSA) is 29.5 Å². The molecule has 1 atom stereocenters. The first-order valence-corrected chi connectivity index (χ1v) is 6.14. The summed E-state index contributed by atoms with van der Waals surface area (Å²) in [7, 11) is 1.63. The van der Waals surface area contributed by atoms with Crippen molar-refractivity contribution in [1.29, 1.82) is 0 Å². The first-order chi connectivity index (χ1) is 8.20. The number of piperidine rings is 1. The summed E-state index contributed by atoms with van der Waals surface area (Å²) >= 11 is 0. The van der Waals surface area contributed by atoms with Gasteiger partial charge in [-0.3, -0.25) is 4.79 Å². The van der Waals surface area contributed by atoms with Crippen molar-refractivity contribution >= 4 is 5.91 Å². The number of nitrogens with zero attached hydrogens (tertiary/aromatic N) is 1. The Balaban J connectivity index is 2.07. The van der Waals surface area contributed by atoms with Crippen molar-refractivity contribution in [3.8, 4) is 5.75 Å². The first kappa shape index (κ1) is 12.0. The van der Waals surface area contributed by atoms with Crippen LogP contribution in [0.1, 0.15) is 30.1 Å². The monoisotopic (exact) mass is 233 g/mol. The second-order valence-corrected chi connectivity index (χ2v) is 4.73. The molecule has 1 aromatic carbocycles. The second kappa shape index (κ2) is 5.21. The van der Waals surface area contributed by atoms with E-state index in [-0.39, 0.29) is 5.91 Å². The largest absolute Gasteiger partial charge is 0.497 e. The van der Waals surface area contributed by atoms with Gasteiger partial charge in [-0.05, 0) is 43.0 Å². The number of likely N-dealkylation sites (tertiary alicyclic amines) is 1. The van der Waals surface area contributed by atoms with Crippen LogP contribution in [0.4, 0.5) is 0 Å². The Morgan fingerprint density at radius 3 is 2.65 bits per heavy atom. The summed E-state index contributed by atoms with van der Waals surface area (Å²) in [5.74, 6) is 1.54. The minimum atomic E-state index is 0.138. The van der Waals surface area contributed by atoms with E-state index >= 15 is 0 Å². The molecule has 1 unspecified atom stereocenters. The minimum Gasteiger partial charge on any atom is -0.497 e. The van der Waals surface area contributed by atoms with Gasteiger partial charge in [-0.15, -0.1) is 0 Å². The summed E-state index contributed by atoms with van der Waals surface area (Å²) in [6.45, 7) is 3.97. The zero-order chi connectivity index (χ0) is 12.3. The molecule has 0 spiro atoms. The van der Waals surface area contributed by atoms with Crippen molar-refractivity contribution in [3.05, 3.63) is 29.8 Å². The Morgan fingerprint density at radius 1 is 1.35 bits per heavy atom. The van der Waals surface area contributed by atoms with Gasteiger partial charge in [0.15, 0.2) is 0 Å². The average molecular weight is 233 g/mol. The van der Waals surface area contributed by atoms with Crippen molar-refractivity contribution in [2.45, 2.75) is 19.8 Å². The van der Waals surface area contributed by atoms with E-state index in [4.69, 9.17) is 4.74 Å². The van der Waals surface area contributed by atoms with E-state index in [1.807, 2.05) is 29.2 Å². The van der Waals surface area contributed by atoms with E-state index in [2.05, 4.69) is 6.92 Å². The van der Waals surface area contributed by atoms with Crippen LogP contribution in [0.25, 0.3) is 0 Å². The van der Waals surface area contributed by atoms with Crippen LogP contribution in [-0.4, -0.2) is 31.0 Å². The van der Waals surface area contributed by atoms with E-state index < -0.39 is 0 Å². The molecule has 0 aromatic heterocycles. The van der Waals surface area contributed by atoms with Crippen LogP contribution >= 0.6 is 0 Å². The van der Waals surface area contributed by atoms with E-state index in [1.54, 1.807) is 7.11 Å². The van der Waals surface area contributed by atoms with Crippen molar-refractivity contribution < 1.29 is 9.53 Å². The van der Waals surface area contributed by atoms with Crippen LogP contribution in [0.2, 0.25) is 0 Å². The minimum absolute atomic E-state index is 0.138. The lowest BCUT2D eigenvalue weighted by atomic mass is 9.99. The number of hydrogen-bond donors (Lipinski definition) is 0. The third kappa shape index (κ3) is 2.78. The zero-order valence-electron chi connectivity index (χ0n) is 10.5. The van der Waals surface area contributed by atoms with Crippen LogP contribution in [0.5, 0.6) is 5.75 Å². The van der Waals surface area contributed by atoms with Gasteiger partial charge in [0.05, 0.1) is 7.11 Å². The number of methoxy groups -OCH3 is 1. The summed E-state index contributed by atoms with van der Waals surface area (Å²) in [4.78, 5) is 14.2. The van der Waals surface area contributed by atoms with Gasteiger partial charge >= 0.3 is 0 Å². The number of benzene rings is 1. The maximum Gasteiger partial charge on any atom is 0.253 e. The fourth-order valence-corrected chi connectivity index (χ4v) is 2.29. The lowest BCUT2D eigenvalue weighted by Crippen LogP contribution is -2.39. The zero-order valence-corrected chi connectivity index (χ0v) is 10.5. The molecule has 0 saturated carbocycles. The highest BCUT2D eigenvalue weighted by Gasteiger charge is 2.21. The summed E-state index contributed by atoms with van der Waals surface area (Å²) in [6.07, 6.45) is 2.34. The van der Waals surface area contributed by atoms with Gasteiger partial charge in [0.25, 0.3) is 5.91 Å². The number of hydrogen-bond acceptors (Lipinski definition) is 2. The third-order valence-corrected chi connectivity index (χ3v) is 3.28. The Morgan fingerprint density at radius 2 is 2.06 bits per heavy atom. The van der Waals surface area contributed by atoms with Gasteiger partial charge in [0, 0.05) is 18.7 Å². The number of ether oxygens (including phenoxy) is 1. The molecule has 0 bridgehead atoms. The molecular weight excluding hydrogens is 214 g/mol. The number of carbonyl (C=O) groups is 1. The third-order valence-electron chi connectivity index (χ3n) is 3.28. The summed E-state index contributed by atoms with van der Waals surface area (Å²) in [5, 5.41) is 0. The molecule has 0 aliphatic carbocycles. The molecule has 2 rings (SSSR count). The number of amides is 1. The SMILES string of the molecule is COc1ccc(C(=O)N2CCCC(C)C2)cc1. The van der Waals surface area contributed by atoms with Crippen LogP contribution in [0.3, 0.4) is 0 Å². The smallest absolute Gasteiger partial charge is 0.253 e. The molecule has 1 aliphatic rings. The molecule has 0 radical (unpaired) electrons. The van der Waals surface area contributed by atoms with Gasteiger partial charge in [0.2, 0.25) is 0 Å². The lowest BCUT2D eigenvalue weighted by Gasteiger charge is -2.31. The van der Waals surface area contributed by atoms with Gasteiger partial charge in [0.1, 0.15) is 5.75 Å². The Labute approximate surface area is 102 Å². The molecule has 1 saturated heterocycles. The molecular formula is C14H19NO2. The van der Waals surface area contributed by atoms with Gasteiger partial charge in [-0.25, -0.2) is 0 Å². The highest BCUT2D eigenvalue weighted by atomic mass is 16.5. The van der Waals surface area contributed by atoms with E-state index in [0.29, 0.717) is 5.92 Å². The molecule has 1 fully saturated rings. The number of rotatable bonds is 2. The van der Waals surface area contributed by atoms with Crippen LogP contribution in [0.15, 0.2) is 24.3 Å². The summed E-state index contributed by atoms with van der Waals surface area (Å²) in [6, 6.07) is 7.34. The Hall–Kier alpha value is -1.51. The molecule has 3 heteroatoms. The first-order valence-electron chi connectivity index (χ1n) is 6.14. The fourth-order valence-electron chi connectivity index (χ4n) is 2.29. The van der Waals surface area contributed by atoms with Gasteiger partial charge in [-0.1, -0.05) is 6.92 Å². The van der Waals surface area contributed by atoms with Crippen molar-refractivity contribution in [2.24, 2.45) is 5.92 Å². The fraction of sp³-hybridized carbons (Fsp3) is 0.500. The number of carbonyl (C=O) groups excluding carboxylic acids is 1. The van der Waals surface area contributed by atoms with Gasteiger partial charge < -0.3 is 9.64 Å². The average Bonchev–Trinajstić information content (AvgIpc) is 2.38. The molecule has 0 N–H and O–H groups in total. The van der Waals surface area contributed by atoms with Crippen molar-refractivity contribution in [2.75, 3.05) is 20.2 Å². The lowest BCUT2D eigenvalue weighted by molar-refractivity contribution is 0.0683. The standard InChI is InChI=1S/C14H19NO2/c1-11-4-3-9-15(10-11)14(16)12-5-7-13(17-2)8-6-12/h5-8,11H,3-4,9-10H2,1-2H3.